The van der Waals surface area contributed by atoms with E-state index in [1.54, 1.807) is 6.92 Å². The molecule has 0 amide bonds. The van der Waals surface area contributed by atoms with Gasteiger partial charge in [0.05, 0.1) is 14.2 Å². The summed E-state index contributed by atoms with van der Waals surface area (Å²) in [6.07, 6.45) is 0.124. The van der Waals surface area contributed by atoms with Crippen molar-refractivity contribution in [2.24, 2.45) is 0 Å². The van der Waals surface area contributed by atoms with Crippen molar-refractivity contribution in [3.05, 3.63) is 16.6 Å². The fourth-order valence-electron chi connectivity index (χ4n) is 1.60. The van der Waals surface area contributed by atoms with Crippen LogP contribution in [0.2, 0.25) is 0 Å². The minimum Gasteiger partial charge on any atom is -0.493 e. The third-order valence-corrected chi connectivity index (χ3v) is 5.16. The van der Waals surface area contributed by atoms with Gasteiger partial charge in [-0.25, -0.2) is 8.42 Å². The third-order valence-electron chi connectivity index (χ3n) is 2.73. The number of carboxylic acid groups (broad SMARTS) is 1. The zero-order valence-corrected chi connectivity index (χ0v) is 14.1. The lowest BCUT2D eigenvalue weighted by molar-refractivity contribution is -0.139. The van der Waals surface area contributed by atoms with Gasteiger partial charge in [0, 0.05) is 10.5 Å². The van der Waals surface area contributed by atoms with Crippen LogP contribution in [0.5, 0.6) is 11.5 Å². The molecule has 0 aliphatic carbocycles. The van der Waals surface area contributed by atoms with Gasteiger partial charge in [0.15, 0.2) is 11.5 Å². The molecular weight excluding hydrogens is 366 g/mol. The largest absolute Gasteiger partial charge is 0.493 e. The third kappa shape index (κ3) is 4.08. The van der Waals surface area contributed by atoms with Gasteiger partial charge >= 0.3 is 5.97 Å². The van der Waals surface area contributed by atoms with Gasteiger partial charge < -0.3 is 14.6 Å². The zero-order chi connectivity index (χ0) is 16.2. The molecule has 1 atom stereocenters. The van der Waals surface area contributed by atoms with E-state index in [-0.39, 0.29) is 21.5 Å². The normalized spacial score (nSPS) is 12.8. The summed E-state index contributed by atoms with van der Waals surface area (Å²) in [5.41, 5.74) is 0. The molecule has 118 valence electrons. The number of hydrogen-bond donors (Lipinski definition) is 2. The highest BCUT2D eigenvalue weighted by atomic mass is 79.9. The van der Waals surface area contributed by atoms with Crippen LogP contribution in [-0.4, -0.2) is 39.8 Å². The molecule has 0 radical (unpaired) electrons. The molecule has 0 aromatic heterocycles. The summed E-state index contributed by atoms with van der Waals surface area (Å²) < 4.78 is 37.1. The number of nitrogens with one attached hydrogen (secondary N) is 1. The molecule has 0 saturated carbocycles. The molecule has 0 heterocycles. The van der Waals surface area contributed by atoms with Crippen molar-refractivity contribution >= 4 is 31.9 Å². The van der Waals surface area contributed by atoms with Crippen LogP contribution in [0.15, 0.2) is 21.5 Å². The van der Waals surface area contributed by atoms with Gasteiger partial charge in [-0.15, -0.1) is 0 Å². The Bertz CT molecular complexity index is 631. The average Bonchev–Trinajstić information content (AvgIpc) is 2.43. The maximum absolute atomic E-state index is 12.3. The van der Waals surface area contributed by atoms with E-state index in [9.17, 15) is 13.2 Å². The lowest BCUT2D eigenvalue weighted by atomic mass is 10.2. The van der Waals surface area contributed by atoms with Crippen LogP contribution >= 0.6 is 15.9 Å². The molecule has 1 aromatic rings. The molecule has 0 bridgehead atoms. The molecule has 0 fully saturated rings. The summed E-state index contributed by atoms with van der Waals surface area (Å²) in [7, 11) is -1.22. The highest BCUT2D eigenvalue weighted by molar-refractivity contribution is 9.10. The number of carboxylic acids is 1. The number of halogens is 1. The Labute approximate surface area is 131 Å². The predicted octanol–water partition coefficient (Wildman–Crippen LogP) is 1.61. The van der Waals surface area contributed by atoms with Gasteiger partial charge in [-0.2, -0.15) is 4.72 Å². The van der Waals surface area contributed by atoms with Crippen LogP contribution < -0.4 is 14.2 Å². The summed E-state index contributed by atoms with van der Waals surface area (Å²) in [6.45, 7) is 1.57. The topological polar surface area (TPSA) is 102 Å². The molecule has 0 spiro atoms. The maximum Gasteiger partial charge on any atom is 0.321 e. The molecule has 1 aromatic carbocycles. The van der Waals surface area contributed by atoms with Crippen LogP contribution in [0.3, 0.4) is 0 Å². The van der Waals surface area contributed by atoms with Crippen LogP contribution in [-0.2, 0) is 14.8 Å². The Kier molecular flexibility index (Phi) is 5.99. The Morgan fingerprint density at radius 2 is 1.86 bits per heavy atom. The van der Waals surface area contributed by atoms with Crippen molar-refractivity contribution in [1.29, 1.82) is 0 Å². The number of methoxy groups -OCH3 is 2. The number of hydrogen-bond acceptors (Lipinski definition) is 5. The van der Waals surface area contributed by atoms with Crippen LogP contribution in [0.1, 0.15) is 13.3 Å². The average molecular weight is 382 g/mol. The number of benzene rings is 1. The fourth-order valence-corrected chi connectivity index (χ4v) is 3.91. The number of sulfonamides is 1. The molecule has 0 aliphatic rings. The van der Waals surface area contributed by atoms with Crippen molar-refractivity contribution in [3.63, 3.8) is 0 Å². The minimum atomic E-state index is -4.02. The van der Waals surface area contributed by atoms with Crippen molar-refractivity contribution in [2.75, 3.05) is 14.2 Å². The first-order valence-electron chi connectivity index (χ1n) is 5.93. The van der Waals surface area contributed by atoms with Crippen molar-refractivity contribution in [3.8, 4) is 11.5 Å². The molecule has 0 saturated heterocycles. The molecular formula is C12H16BrNO6S. The molecule has 21 heavy (non-hydrogen) atoms. The van der Waals surface area contributed by atoms with E-state index in [0.29, 0.717) is 5.75 Å². The van der Waals surface area contributed by atoms with E-state index in [0.717, 1.165) is 0 Å². The Balaban J connectivity index is 3.28. The van der Waals surface area contributed by atoms with Gasteiger partial charge in [0.25, 0.3) is 0 Å². The monoisotopic (exact) mass is 381 g/mol. The quantitative estimate of drug-likeness (QED) is 0.743. The smallest absolute Gasteiger partial charge is 0.321 e. The fraction of sp³-hybridized carbons (Fsp3) is 0.417. The second-order valence-corrected chi connectivity index (χ2v) is 6.59. The second-order valence-electron chi connectivity index (χ2n) is 4.06. The summed E-state index contributed by atoms with van der Waals surface area (Å²) >= 11 is 3.13. The second kappa shape index (κ2) is 7.10. The number of carbonyl (C=O) groups is 1. The number of ether oxygens (including phenoxy) is 2. The highest BCUT2D eigenvalue weighted by Gasteiger charge is 2.27. The summed E-state index contributed by atoms with van der Waals surface area (Å²) in [4.78, 5) is 10.8. The number of rotatable bonds is 7. The van der Waals surface area contributed by atoms with E-state index >= 15 is 0 Å². The van der Waals surface area contributed by atoms with Gasteiger partial charge in [0.2, 0.25) is 10.0 Å². The standard InChI is InChI=1S/C12H16BrNO6S/c1-4-8(12(15)16)14-21(17,18)11-6-10(20-3)9(19-2)5-7(11)13/h5-6,8,14H,4H2,1-3H3,(H,15,16). The van der Waals surface area contributed by atoms with Crippen molar-refractivity contribution in [1.82, 2.24) is 4.72 Å². The van der Waals surface area contributed by atoms with Crippen LogP contribution in [0.25, 0.3) is 0 Å². The zero-order valence-electron chi connectivity index (χ0n) is 11.7. The van der Waals surface area contributed by atoms with Crippen LogP contribution in [0, 0.1) is 0 Å². The molecule has 9 heteroatoms. The van der Waals surface area contributed by atoms with E-state index < -0.39 is 22.0 Å². The Morgan fingerprint density at radius 1 is 1.33 bits per heavy atom. The van der Waals surface area contributed by atoms with E-state index in [4.69, 9.17) is 14.6 Å². The van der Waals surface area contributed by atoms with E-state index in [1.165, 1.54) is 26.4 Å². The molecule has 1 rings (SSSR count). The first-order valence-corrected chi connectivity index (χ1v) is 8.21. The summed E-state index contributed by atoms with van der Waals surface area (Å²) in [6, 6.07) is 1.50. The van der Waals surface area contributed by atoms with E-state index in [2.05, 4.69) is 20.7 Å². The lowest BCUT2D eigenvalue weighted by Crippen LogP contribution is -2.40. The Morgan fingerprint density at radius 3 is 2.29 bits per heavy atom. The predicted molar refractivity (Wildman–Crippen MR) is 79.3 cm³/mol. The lowest BCUT2D eigenvalue weighted by Gasteiger charge is -2.15. The number of aliphatic carboxylic acids is 1. The molecule has 2 N–H and O–H groups in total. The first-order chi connectivity index (χ1) is 9.76. The molecule has 0 aliphatic heterocycles. The highest BCUT2D eigenvalue weighted by Crippen LogP contribution is 2.35. The minimum absolute atomic E-state index is 0.124. The van der Waals surface area contributed by atoms with Crippen molar-refractivity contribution < 1.29 is 27.8 Å². The molecule has 1 unspecified atom stereocenters. The maximum atomic E-state index is 12.3. The van der Waals surface area contributed by atoms with Gasteiger partial charge in [-0.05, 0) is 28.4 Å². The Hall–Kier alpha value is -1.32. The van der Waals surface area contributed by atoms with Gasteiger partial charge in [0.1, 0.15) is 10.9 Å². The van der Waals surface area contributed by atoms with E-state index in [1.807, 2.05) is 0 Å². The summed E-state index contributed by atoms with van der Waals surface area (Å²) in [5, 5.41) is 8.95. The van der Waals surface area contributed by atoms with Gasteiger partial charge in [-0.3, -0.25) is 4.79 Å². The summed E-state index contributed by atoms with van der Waals surface area (Å²) in [5.74, 6) is -0.657. The van der Waals surface area contributed by atoms with Crippen LogP contribution in [0.4, 0.5) is 0 Å². The van der Waals surface area contributed by atoms with Gasteiger partial charge in [-0.1, -0.05) is 6.92 Å². The molecule has 7 nitrogen and oxygen atoms in total. The first kappa shape index (κ1) is 17.7. The SMILES string of the molecule is CCC(NS(=O)(=O)c1cc(OC)c(OC)cc1Br)C(=O)O. The van der Waals surface area contributed by atoms with Crippen molar-refractivity contribution in [2.45, 2.75) is 24.3 Å².